The van der Waals surface area contributed by atoms with Crippen molar-refractivity contribution < 1.29 is 9.84 Å². The van der Waals surface area contributed by atoms with Gasteiger partial charge in [0.05, 0.1) is 11.6 Å². The molecule has 6 heteroatoms. The lowest BCUT2D eigenvalue weighted by atomic mass is 10.1. The lowest BCUT2D eigenvalue weighted by molar-refractivity contribution is 0.183. The maximum Gasteiger partial charge on any atom is 0.165 e. The zero-order valence-electron chi connectivity index (χ0n) is 10.9. The van der Waals surface area contributed by atoms with E-state index in [9.17, 15) is 5.11 Å². The van der Waals surface area contributed by atoms with E-state index in [-0.39, 0.29) is 6.61 Å². The van der Waals surface area contributed by atoms with Crippen molar-refractivity contribution in [2.75, 3.05) is 13.7 Å². The number of nitrogens with zero attached hydrogens (tertiary/aromatic N) is 3. The quantitative estimate of drug-likeness (QED) is 0.911. The minimum absolute atomic E-state index is 0.166. The maximum atomic E-state index is 9.29. The number of aliphatic hydroxyl groups is 1. The van der Waals surface area contributed by atoms with Gasteiger partial charge in [0.25, 0.3) is 0 Å². The van der Waals surface area contributed by atoms with E-state index >= 15 is 0 Å². The van der Waals surface area contributed by atoms with Crippen molar-refractivity contribution in [3.05, 3.63) is 34.6 Å². The number of aliphatic hydroxyl groups excluding tert-OH is 1. The number of benzene rings is 1. The van der Waals surface area contributed by atoms with E-state index in [0.29, 0.717) is 29.8 Å². The number of rotatable bonds is 5. The Morgan fingerprint density at radius 3 is 2.79 bits per heavy atom. The highest BCUT2D eigenvalue weighted by molar-refractivity contribution is 6.33. The molecule has 2 rings (SSSR count). The Kier molecular flexibility index (Phi) is 4.52. The first-order valence-electron chi connectivity index (χ1n) is 5.95. The third-order valence-electron chi connectivity index (χ3n) is 2.85. The number of hydrogen-bond donors (Lipinski definition) is 1. The number of halogens is 1. The third kappa shape index (κ3) is 2.94. The van der Waals surface area contributed by atoms with Crippen LogP contribution in [-0.2, 0) is 17.9 Å². The van der Waals surface area contributed by atoms with Crippen LogP contribution in [-0.4, -0.2) is 33.6 Å². The summed E-state index contributed by atoms with van der Waals surface area (Å²) < 4.78 is 6.88. The van der Waals surface area contributed by atoms with Crippen molar-refractivity contribution in [3.63, 3.8) is 0 Å². The van der Waals surface area contributed by atoms with Crippen LogP contribution in [0.2, 0.25) is 5.02 Å². The number of hydrogen-bond acceptors (Lipinski definition) is 4. The van der Waals surface area contributed by atoms with E-state index < -0.39 is 0 Å². The van der Waals surface area contributed by atoms with Crippen molar-refractivity contribution in [2.24, 2.45) is 0 Å². The lowest BCUT2D eigenvalue weighted by Gasteiger charge is -2.10. The minimum atomic E-state index is -0.166. The molecule has 19 heavy (non-hydrogen) atoms. The summed E-state index contributed by atoms with van der Waals surface area (Å²) in [4.78, 5) is 0. The molecule has 1 aromatic carbocycles. The molecule has 0 aliphatic heterocycles. The van der Waals surface area contributed by atoms with Crippen LogP contribution < -0.4 is 0 Å². The second-order valence-electron chi connectivity index (χ2n) is 4.23. The first-order chi connectivity index (χ1) is 9.17. The van der Waals surface area contributed by atoms with Crippen molar-refractivity contribution in [3.8, 4) is 11.4 Å². The molecule has 0 fully saturated rings. The average molecular weight is 282 g/mol. The van der Waals surface area contributed by atoms with Gasteiger partial charge in [0.2, 0.25) is 0 Å². The van der Waals surface area contributed by atoms with E-state index in [1.807, 2.05) is 29.7 Å². The third-order valence-corrected chi connectivity index (χ3v) is 3.17. The van der Waals surface area contributed by atoms with E-state index in [1.54, 1.807) is 7.11 Å². The molecule has 1 N–H and O–H groups in total. The van der Waals surface area contributed by atoms with Gasteiger partial charge < -0.3 is 14.4 Å². The predicted molar refractivity (Wildman–Crippen MR) is 73.0 cm³/mol. The highest BCUT2D eigenvalue weighted by atomic mass is 35.5. The molecule has 0 radical (unpaired) electrons. The van der Waals surface area contributed by atoms with Gasteiger partial charge in [-0.3, -0.25) is 0 Å². The molecule has 102 valence electrons. The van der Waals surface area contributed by atoms with E-state index in [4.69, 9.17) is 16.3 Å². The molecule has 0 spiro atoms. The van der Waals surface area contributed by atoms with Gasteiger partial charge in [-0.1, -0.05) is 17.7 Å². The van der Waals surface area contributed by atoms with Crippen LogP contribution in [0.5, 0.6) is 0 Å². The molecule has 1 aromatic heterocycles. The highest BCUT2D eigenvalue weighted by Gasteiger charge is 2.15. The SMILES string of the molecule is COCCn1c(CO)nnc1-c1ccc(C)cc1Cl. The van der Waals surface area contributed by atoms with Crippen LogP contribution in [0, 0.1) is 6.92 Å². The summed E-state index contributed by atoms with van der Waals surface area (Å²) in [6.45, 7) is 2.89. The van der Waals surface area contributed by atoms with Gasteiger partial charge in [-0.25, -0.2) is 0 Å². The van der Waals surface area contributed by atoms with Crippen LogP contribution in [0.4, 0.5) is 0 Å². The topological polar surface area (TPSA) is 60.2 Å². The fourth-order valence-electron chi connectivity index (χ4n) is 1.87. The average Bonchev–Trinajstić information content (AvgIpc) is 2.79. The Morgan fingerprint density at radius 1 is 1.37 bits per heavy atom. The molecule has 2 aromatic rings. The molecule has 0 aliphatic carbocycles. The van der Waals surface area contributed by atoms with Gasteiger partial charge in [-0.15, -0.1) is 10.2 Å². The monoisotopic (exact) mass is 281 g/mol. The Labute approximate surface area is 116 Å². The Hall–Kier alpha value is -1.43. The van der Waals surface area contributed by atoms with Crippen LogP contribution in [0.1, 0.15) is 11.4 Å². The fourth-order valence-corrected chi connectivity index (χ4v) is 2.19. The summed E-state index contributed by atoms with van der Waals surface area (Å²) in [6.07, 6.45) is 0. The Morgan fingerprint density at radius 2 is 2.16 bits per heavy atom. The smallest absolute Gasteiger partial charge is 0.165 e. The van der Waals surface area contributed by atoms with Gasteiger partial charge in [-0.2, -0.15) is 0 Å². The number of aryl methyl sites for hydroxylation is 1. The number of ether oxygens (including phenoxy) is 1. The molecule has 0 unspecified atom stereocenters. The first-order valence-corrected chi connectivity index (χ1v) is 6.33. The second kappa shape index (κ2) is 6.14. The standard InChI is InChI=1S/C13H16ClN3O2/c1-9-3-4-10(11(14)7-9)13-16-15-12(8-18)17(13)5-6-19-2/h3-4,7,18H,5-6,8H2,1-2H3. The molecule has 0 saturated heterocycles. The first kappa shape index (κ1) is 14.0. The Balaban J connectivity index is 2.46. The zero-order valence-corrected chi connectivity index (χ0v) is 11.7. The second-order valence-corrected chi connectivity index (χ2v) is 4.63. The van der Waals surface area contributed by atoms with Gasteiger partial charge in [0.1, 0.15) is 6.61 Å². The van der Waals surface area contributed by atoms with Gasteiger partial charge in [-0.05, 0) is 24.6 Å². The largest absolute Gasteiger partial charge is 0.388 e. The number of methoxy groups -OCH3 is 1. The summed E-state index contributed by atoms with van der Waals surface area (Å²) in [5.41, 5.74) is 1.88. The summed E-state index contributed by atoms with van der Waals surface area (Å²) in [5.74, 6) is 1.15. The lowest BCUT2D eigenvalue weighted by Crippen LogP contribution is -2.10. The van der Waals surface area contributed by atoms with Crippen LogP contribution >= 0.6 is 11.6 Å². The molecule has 1 heterocycles. The minimum Gasteiger partial charge on any atom is -0.388 e. The van der Waals surface area contributed by atoms with Crippen LogP contribution in [0.3, 0.4) is 0 Å². The number of aromatic nitrogens is 3. The van der Waals surface area contributed by atoms with Crippen molar-refractivity contribution in [1.82, 2.24) is 14.8 Å². The van der Waals surface area contributed by atoms with Crippen LogP contribution in [0.25, 0.3) is 11.4 Å². The van der Waals surface area contributed by atoms with Crippen LogP contribution in [0.15, 0.2) is 18.2 Å². The summed E-state index contributed by atoms with van der Waals surface area (Å²) in [5, 5.41) is 18.0. The van der Waals surface area contributed by atoms with E-state index in [1.165, 1.54) is 0 Å². The zero-order chi connectivity index (χ0) is 13.8. The van der Waals surface area contributed by atoms with Gasteiger partial charge >= 0.3 is 0 Å². The van der Waals surface area contributed by atoms with Crippen molar-refractivity contribution >= 4 is 11.6 Å². The van der Waals surface area contributed by atoms with Crippen molar-refractivity contribution in [1.29, 1.82) is 0 Å². The molecule has 0 bridgehead atoms. The van der Waals surface area contributed by atoms with E-state index in [0.717, 1.165) is 11.1 Å². The summed E-state index contributed by atoms with van der Waals surface area (Å²) in [6, 6.07) is 5.76. The highest BCUT2D eigenvalue weighted by Crippen LogP contribution is 2.27. The maximum absolute atomic E-state index is 9.29. The molecule has 0 atom stereocenters. The summed E-state index contributed by atoms with van der Waals surface area (Å²) >= 11 is 6.25. The normalized spacial score (nSPS) is 10.9. The van der Waals surface area contributed by atoms with E-state index in [2.05, 4.69) is 10.2 Å². The molecule has 5 nitrogen and oxygen atoms in total. The summed E-state index contributed by atoms with van der Waals surface area (Å²) in [7, 11) is 1.63. The molecular formula is C13H16ClN3O2. The molecule has 0 aliphatic rings. The van der Waals surface area contributed by atoms with Gasteiger partial charge in [0.15, 0.2) is 11.6 Å². The molecule has 0 saturated carbocycles. The Bertz CT molecular complexity index is 569. The van der Waals surface area contributed by atoms with Crippen molar-refractivity contribution in [2.45, 2.75) is 20.1 Å². The van der Waals surface area contributed by atoms with Gasteiger partial charge in [0, 0.05) is 19.2 Å². The molecule has 0 amide bonds. The molecular weight excluding hydrogens is 266 g/mol. The fraction of sp³-hybridized carbons (Fsp3) is 0.385. The predicted octanol–water partition coefficient (Wildman–Crippen LogP) is 2.05.